The summed E-state index contributed by atoms with van der Waals surface area (Å²) in [5, 5.41) is 11.5. The Bertz CT molecular complexity index is 418. The van der Waals surface area contributed by atoms with E-state index in [1.54, 1.807) is 0 Å². The predicted molar refractivity (Wildman–Crippen MR) is 67.7 cm³/mol. The minimum atomic E-state index is -4.68. The number of hydrogen-bond donors (Lipinski definition) is 2. The summed E-state index contributed by atoms with van der Waals surface area (Å²) in [7, 11) is 0. The molecule has 7 heteroatoms. The maximum absolute atomic E-state index is 11.9. The number of anilines is 1. The fourth-order valence-electron chi connectivity index (χ4n) is 1.59. The summed E-state index contributed by atoms with van der Waals surface area (Å²) in [5.41, 5.74) is 0.692. The molecular formula is C13H16F3NO3. The molecule has 0 fully saturated rings. The molecule has 0 amide bonds. The number of rotatable bonds is 8. The van der Waals surface area contributed by atoms with Crippen molar-refractivity contribution in [3.8, 4) is 5.75 Å². The Hall–Kier alpha value is -1.92. The third-order valence-corrected chi connectivity index (χ3v) is 2.48. The van der Waals surface area contributed by atoms with Gasteiger partial charge in [0.2, 0.25) is 0 Å². The molecule has 112 valence electrons. The molecule has 0 bridgehead atoms. The van der Waals surface area contributed by atoms with E-state index < -0.39 is 12.3 Å². The molecule has 0 aliphatic rings. The van der Waals surface area contributed by atoms with Crippen molar-refractivity contribution in [3.63, 3.8) is 0 Å². The van der Waals surface area contributed by atoms with E-state index >= 15 is 0 Å². The molecule has 0 aromatic heterocycles. The van der Waals surface area contributed by atoms with Crippen molar-refractivity contribution in [3.05, 3.63) is 24.3 Å². The normalized spacial score (nSPS) is 11.2. The zero-order valence-corrected chi connectivity index (χ0v) is 10.7. The van der Waals surface area contributed by atoms with E-state index in [-0.39, 0.29) is 12.2 Å². The van der Waals surface area contributed by atoms with Crippen LogP contribution in [0, 0.1) is 0 Å². The van der Waals surface area contributed by atoms with Gasteiger partial charge < -0.3 is 15.2 Å². The molecule has 0 unspecified atom stereocenters. The van der Waals surface area contributed by atoms with Crippen molar-refractivity contribution in [1.82, 2.24) is 0 Å². The number of unbranched alkanes of at least 4 members (excludes halogenated alkanes) is 2. The molecular weight excluding hydrogens is 275 g/mol. The number of ether oxygens (including phenoxy) is 1. The molecule has 0 saturated carbocycles. The molecule has 0 saturated heterocycles. The first kappa shape index (κ1) is 16.1. The third kappa shape index (κ3) is 7.50. The summed E-state index contributed by atoms with van der Waals surface area (Å²) in [6, 6.07) is 5.47. The zero-order valence-electron chi connectivity index (χ0n) is 10.7. The lowest BCUT2D eigenvalue weighted by atomic mass is 10.2. The molecule has 4 nitrogen and oxygen atoms in total. The topological polar surface area (TPSA) is 58.6 Å². The van der Waals surface area contributed by atoms with Crippen LogP contribution < -0.4 is 10.1 Å². The number of halogens is 3. The van der Waals surface area contributed by atoms with Gasteiger partial charge in [0.25, 0.3) is 0 Å². The first-order valence-corrected chi connectivity index (χ1v) is 6.18. The summed E-state index contributed by atoms with van der Waals surface area (Å²) in [6.45, 7) is 0.638. The molecule has 0 spiro atoms. The van der Waals surface area contributed by atoms with E-state index in [0.717, 1.165) is 12.8 Å². The maximum Gasteiger partial charge on any atom is 0.573 e. The summed E-state index contributed by atoms with van der Waals surface area (Å²) in [4.78, 5) is 10.3. The van der Waals surface area contributed by atoms with Gasteiger partial charge in [0, 0.05) is 18.7 Å². The lowest BCUT2D eigenvalue weighted by molar-refractivity contribution is -0.274. The summed E-state index contributed by atoms with van der Waals surface area (Å²) >= 11 is 0. The number of hydrogen-bond acceptors (Lipinski definition) is 3. The fraction of sp³-hybridized carbons (Fsp3) is 0.462. The number of carboxylic acid groups (broad SMARTS) is 1. The van der Waals surface area contributed by atoms with Crippen LogP contribution in [0.1, 0.15) is 25.7 Å². The van der Waals surface area contributed by atoms with Gasteiger partial charge in [0.15, 0.2) is 0 Å². The van der Waals surface area contributed by atoms with Crippen LogP contribution in [0.2, 0.25) is 0 Å². The van der Waals surface area contributed by atoms with Crippen LogP contribution in [-0.2, 0) is 4.79 Å². The highest BCUT2D eigenvalue weighted by Crippen LogP contribution is 2.23. The van der Waals surface area contributed by atoms with Gasteiger partial charge >= 0.3 is 12.3 Å². The van der Waals surface area contributed by atoms with Crippen LogP contribution in [0.15, 0.2) is 24.3 Å². The summed E-state index contributed by atoms with van der Waals surface area (Å²) in [6.07, 6.45) is -2.32. The van der Waals surface area contributed by atoms with E-state index in [1.165, 1.54) is 24.3 Å². The summed E-state index contributed by atoms with van der Waals surface area (Å²) < 4.78 is 39.6. The molecule has 1 aromatic carbocycles. The second-order valence-corrected chi connectivity index (χ2v) is 4.20. The summed E-state index contributed by atoms with van der Waals surface area (Å²) in [5.74, 6) is -1.07. The van der Waals surface area contributed by atoms with Crippen LogP contribution in [-0.4, -0.2) is 24.0 Å². The number of benzene rings is 1. The zero-order chi connectivity index (χ0) is 15.0. The quantitative estimate of drug-likeness (QED) is 0.718. The molecule has 0 aliphatic heterocycles. The van der Waals surface area contributed by atoms with Crippen LogP contribution in [0.3, 0.4) is 0 Å². The van der Waals surface area contributed by atoms with Crippen molar-refractivity contribution >= 4 is 11.7 Å². The van der Waals surface area contributed by atoms with Gasteiger partial charge in [-0.25, -0.2) is 0 Å². The monoisotopic (exact) mass is 291 g/mol. The maximum atomic E-state index is 11.9. The van der Waals surface area contributed by atoms with Gasteiger partial charge in [-0.15, -0.1) is 13.2 Å². The minimum absolute atomic E-state index is 0.156. The van der Waals surface area contributed by atoms with Gasteiger partial charge in [-0.2, -0.15) is 0 Å². The standard InChI is InChI=1S/C13H16F3NO3/c14-13(15,16)20-11-7-5-10(6-8-11)17-9-3-1-2-4-12(18)19/h5-8,17H,1-4,9H2,(H,18,19). The van der Waals surface area contributed by atoms with E-state index in [0.29, 0.717) is 18.7 Å². The van der Waals surface area contributed by atoms with Crippen LogP contribution >= 0.6 is 0 Å². The van der Waals surface area contributed by atoms with Gasteiger partial charge in [-0.3, -0.25) is 4.79 Å². The SMILES string of the molecule is O=C(O)CCCCCNc1ccc(OC(F)(F)F)cc1. The third-order valence-electron chi connectivity index (χ3n) is 2.48. The van der Waals surface area contributed by atoms with E-state index in [2.05, 4.69) is 10.1 Å². The molecule has 1 aromatic rings. The highest BCUT2D eigenvalue weighted by molar-refractivity contribution is 5.66. The first-order chi connectivity index (χ1) is 9.37. The minimum Gasteiger partial charge on any atom is -0.481 e. The molecule has 20 heavy (non-hydrogen) atoms. The molecule has 1 rings (SSSR count). The van der Waals surface area contributed by atoms with Gasteiger partial charge in [0.1, 0.15) is 5.75 Å². The molecule has 0 radical (unpaired) electrons. The predicted octanol–water partition coefficient (Wildman–Crippen LogP) is 3.64. The Morgan fingerprint density at radius 1 is 1.15 bits per heavy atom. The van der Waals surface area contributed by atoms with Crippen molar-refractivity contribution in [2.45, 2.75) is 32.0 Å². The molecule has 0 heterocycles. The Balaban J connectivity index is 2.23. The smallest absolute Gasteiger partial charge is 0.481 e. The second kappa shape index (κ2) is 7.62. The number of carboxylic acids is 1. The van der Waals surface area contributed by atoms with Gasteiger partial charge in [-0.05, 0) is 37.1 Å². The Morgan fingerprint density at radius 2 is 1.80 bits per heavy atom. The van der Waals surface area contributed by atoms with Crippen LogP contribution in [0.4, 0.5) is 18.9 Å². The Kier molecular flexibility index (Phi) is 6.14. The average Bonchev–Trinajstić information content (AvgIpc) is 2.33. The van der Waals surface area contributed by atoms with Gasteiger partial charge in [-0.1, -0.05) is 6.42 Å². The molecule has 2 N–H and O–H groups in total. The van der Waals surface area contributed by atoms with E-state index in [9.17, 15) is 18.0 Å². The second-order valence-electron chi connectivity index (χ2n) is 4.20. The number of alkyl halides is 3. The van der Waals surface area contributed by atoms with Crippen molar-refractivity contribution in [1.29, 1.82) is 0 Å². The van der Waals surface area contributed by atoms with Gasteiger partial charge in [0.05, 0.1) is 0 Å². The lowest BCUT2D eigenvalue weighted by Crippen LogP contribution is -2.17. The molecule has 0 aliphatic carbocycles. The van der Waals surface area contributed by atoms with Crippen molar-refractivity contribution < 1.29 is 27.8 Å². The van der Waals surface area contributed by atoms with Crippen molar-refractivity contribution in [2.24, 2.45) is 0 Å². The molecule has 0 atom stereocenters. The largest absolute Gasteiger partial charge is 0.573 e. The Labute approximate surface area is 114 Å². The number of nitrogens with one attached hydrogen (secondary N) is 1. The van der Waals surface area contributed by atoms with E-state index in [1.807, 2.05) is 0 Å². The first-order valence-electron chi connectivity index (χ1n) is 6.18. The number of aliphatic carboxylic acids is 1. The average molecular weight is 291 g/mol. The van der Waals surface area contributed by atoms with Crippen LogP contribution in [0.25, 0.3) is 0 Å². The Morgan fingerprint density at radius 3 is 2.35 bits per heavy atom. The van der Waals surface area contributed by atoms with Crippen LogP contribution in [0.5, 0.6) is 5.75 Å². The van der Waals surface area contributed by atoms with E-state index in [4.69, 9.17) is 5.11 Å². The lowest BCUT2D eigenvalue weighted by Gasteiger charge is -2.10. The number of carbonyl (C=O) groups is 1. The highest BCUT2D eigenvalue weighted by Gasteiger charge is 2.30. The van der Waals surface area contributed by atoms with Crippen molar-refractivity contribution in [2.75, 3.05) is 11.9 Å². The highest BCUT2D eigenvalue weighted by atomic mass is 19.4. The fourth-order valence-corrected chi connectivity index (χ4v) is 1.59.